The van der Waals surface area contributed by atoms with Crippen molar-refractivity contribution >= 4 is 11.6 Å². The van der Waals surface area contributed by atoms with Crippen LogP contribution in [-0.4, -0.2) is 60.7 Å². The standard InChI is InChI=1S/C24H30N6O/c1-25-24(27-18-23-26-11-12-30(23)19-20-7-4-3-5-8-20)29-15-13-28(14-16-29)21-9-6-10-22(17-21)31-2/h3-12,17H,13-16,18-19H2,1-2H3,(H,25,27). The van der Waals surface area contributed by atoms with Gasteiger partial charge >= 0.3 is 0 Å². The molecule has 2 aromatic carbocycles. The highest BCUT2D eigenvalue weighted by atomic mass is 16.5. The number of rotatable bonds is 6. The number of ether oxygens (including phenoxy) is 1. The molecule has 0 aliphatic carbocycles. The molecule has 0 radical (unpaired) electrons. The van der Waals surface area contributed by atoms with Gasteiger partial charge in [0.05, 0.1) is 13.7 Å². The van der Waals surface area contributed by atoms with Gasteiger partial charge < -0.3 is 24.4 Å². The lowest BCUT2D eigenvalue weighted by Gasteiger charge is -2.37. The zero-order valence-corrected chi connectivity index (χ0v) is 18.2. The van der Waals surface area contributed by atoms with Gasteiger partial charge in [-0.3, -0.25) is 4.99 Å². The van der Waals surface area contributed by atoms with Crippen LogP contribution in [-0.2, 0) is 13.1 Å². The van der Waals surface area contributed by atoms with Crippen LogP contribution in [0.15, 0.2) is 72.0 Å². The maximum absolute atomic E-state index is 5.36. The minimum absolute atomic E-state index is 0.641. The molecular formula is C24H30N6O. The molecule has 0 bridgehead atoms. The number of nitrogens with one attached hydrogen (secondary N) is 1. The number of nitrogens with zero attached hydrogens (tertiary/aromatic N) is 5. The number of anilines is 1. The average Bonchev–Trinajstić information content (AvgIpc) is 3.27. The summed E-state index contributed by atoms with van der Waals surface area (Å²) in [5.41, 5.74) is 2.46. The van der Waals surface area contributed by atoms with E-state index in [4.69, 9.17) is 4.74 Å². The number of aliphatic imine (C=N–C) groups is 1. The van der Waals surface area contributed by atoms with Gasteiger partial charge in [-0.1, -0.05) is 36.4 Å². The Bertz CT molecular complexity index is 992. The van der Waals surface area contributed by atoms with E-state index in [0.29, 0.717) is 6.54 Å². The summed E-state index contributed by atoms with van der Waals surface area (Å²) in [6.45, 7) is 5.16. The second-order valence-electron chi connectivity index (χ2n) is 7.53. The summed E-state index contributed by atoms with van der Waals surface area (Å²) >= 11 is 0. The second kappa shape index (κ2) is 10.0. The second-order valence-corrected chi connectivity index (χ2v) is 7.53. The van der Waals surface area contributed by atoms with Gasteiger partial charge in [0.2, 0.25) is 0 Å². The zero-order chi connectivity index (χ0) is 21.5. The van der Waals surface area contributed by atoms with E-state index >= 15 is 0 Å². The van der Waals surface area contributed by atoms with E-state index in [2.05, 4.69) is 66.1 Å². The van der Waals surface area contributed by atoms with Gasteiger partial charge in [-0.25, -0.2) is 4.98 Å². The molecule has 0 unspecified atom stereocenters. The lowest BCUT2D eigenvalue weighted by molar-refractivity contribution is 0.371. The topological polar surface area (TPSA) is 57.9 Å². The van der Waals surface area contributed by atoms with E-state index in [1.807, 2.05) is 37.6 Å². The Balaban J connectivity index is 1.32. The molecule has 2 heterocycles. The first kappa shape index (κ1) is 20.8. The SMILES string of the molecule is CN=C(NCc1nccn1Cc1ccccc1)N1CCN(c2cccc(OC)c2)CC1. The van der Waals surface area contributed by atoms with Crippen molar-refractivity contribution in [3.05, 3.63) is 78.4 Å². The van der Waals surface area contributed by atoms with Gasteiger partial charge in [-0.05, 0) is 17.7 Å². The molecule has 31 heavy (non-hydrogen) atoms. The zero-order valence-electron chi connectivity index (χ0n) is 18.2. The first-order valence-electron chi connectivity index (χ1n) is 10.7. The molecule has 1 saturated heterocycles. The quantitative estimate of drug-likeness (QED) is 0.493. The molecule has 4 rings (SSSR count). The van der Waals surface area contributed by atoms with Crippen LogP contribution in [0.1, 0.15) is 11.4 Å². The fourth-order valence-electron chi connectivity index (χ4n) is 3.91. The first-order valence-corrected chi connectivity index (χ1v) is 10.7. The molecule has 0 spiro atoms. The Kier molecular flexibility index (Phi) is 6.72. The predicted molar refractivity (Wildman–Crippen MR) is 125 cm³/mol. The Morgan fingerprint density at radius 2 is 1.87 bits per heavy atom. The van der Waals surface area contributed by atoms with E-state index in [1.54, 1.807) is 7.11 Å². The maximum atomic E-state index is 5.36. The summed E-state index contributed by atoms with van der Waals surface area (Å²) < 4.78 is 7.54. The Morgan fingerprint density at radius 3 is 2.61 bits per heavy atom. The van der Waals surface area contributed by atoms with Crippen molar-refractivity contribution in [2.75, 3.05) is 45.2 Å². The van der Waals surface area contributed by atoms with E-state index < -0.39 is 0 Å². The van der Waals surface area contributed by atoms with Gasteiger partial charge in [0.25, 0.3) is 0 Å². The van der Waals surface area contributed by atoms with Crippen molar-refractivity contribution in [3.63, 3.8) is 0 Å². The highest BCUT2D eigenvalue weighted by Gasteiger charge is 2.20. The largest absolute Gasteiger partial charge is 0.497 e. The predicted octanol–water partition coefficient (Wildman–Crippen LogP) is 2.84. The highest BCUT2D eigenvalue weighted by Crippen LogP contribution is 2.22. The van der Waals surface area contributed by atoms with Crippen LogP contribution in [0, 0.1) is 0 Å². The van der Waals surface area contributed by atoms with Crippen LogP contribution in [0.4, 0.5) is 5.69 Å². The van der Waals surface area contributed by atoms with Crippen LogP contribution in [0.25, 0.3) is 0 Å². The lowest BCUT2D eigenvalue weighted by Crippen LogP contribution is -2.52. The third-order valence-electron chi connectivity index (χ3n) is 5.61. The van der Waals surface area contributed by atoms with Crippen LogP contribution in [0.5, 0.6) is 5.75 Å². The normalized spacial score (nSPS) is 14.6. The summed E-state index contributed by atoms with van der Waals surface area (Å²) in [5, 5.41) is 3.49. The molecule has 1 aromatic heterocycles. The third-order valence-corrected chi connectivity index (χ3v) is 5.61. The molecule has 1 aliphatic heterocycles. The summed E-state index contributed by atoms with van der Waals surface area (Å²) in [7, 11) is 3.55. The number of methoxy groups -OCH3 is 1. The molecule has 1 aliphatic rings. The van der Waals surface area contributed by atoms with E-state index in [9.17, 15) is 0 Å². The van der Waals surface area contributed by atoms with Crippen molar-refractivity contribution in [2.45, 2.75) is 13.1 Å². The fourth-order valence-corrected chi connectivity index (χ4v) is 3.91. The molecule has 0 amide bonds. The lowest BCUT2D eigenvalue weighted by atomic mass is 10.2. The fraction of sp³-hybridized carbons (Fsp3) is 0.333. The van der Waals surface area contributed by atoms with Gasteiger partial charge in [-0.2, -0.15) is 0 Å². The minimum atomic E-state index is 0.641. The number of guanidine groups is 1. The molecule has 7 heteroatoms. The molecule has 0 atom stereocenters. The summed E-state index contributed by atoms with van der Waals surface area (Å²) in [4.78, 5) is 13.7. The number of hydrogen-bond donors (Lipinski definition) is 1. The van der Waals surface area contributed by atoms with E-state index in [0.717, 1.165) is 50.3 Å². The van der Waals surface area contributed by atoms with Gasteiger partial charge in [0.15, 0.2) is 5.96 Å². The van der Waals surface area contributed by atoms with Gasteiger partial charge in [0.1, 0.15) is 11.6 Å². The van der Waals surface area contributed by atoms with Crippen molar-refractivity contribution in [1.29, 1.82) is 0 Å². The van der Waals surface area contributed by atoms with Crippen molar-refractivity contribution in [2.24, 2.45) is 4.99 Å². The molecule has 0 saturated carbocycles. The Hall–Kier alpha value is -3.48. The van der Waals surface area contributed by atoms with Crippen LogP contribution >= 0.6 is 0 Å². The third kappa shape index (κ3) is 5.17. The minimum Gasteiger partial charge on any atom is -0.497 e. The first-order chi connectivity index (χ1) is 15.3. The number of piperazine rings is 1. The molecule has 1 fully saturated rings. The number of aromatic nitrogens is 2. The van der Waals surface area contributed by atoms with Crippen LogP contribution in [0.3, 0.4) is 0 Å². The van der Waals surface area contributed by atoms with Crippen molar-refractivity contribution in [1.82, 2.24) is 19.8 Å². The van der Waals surface area contributed by atoms with Gasteiger partial charge in [0, 0.05) is 63.9 Å². The molecule has 162 valence electrons. The van der Waals surface area contributed by atoms with Crippen LogP contribution < -0.4 is 15.0 Å². The summed E-state index contributed by atoms with van der Waals surface area (Å²) in [6, 6.07) is 18.7. The van der Waals surface area contributed by atoms with E-state index in [-0.39, 0.29) is 0 Å². The molecule has 7 nitrogen and oxygen atoms in total. The molecule has 3 aromatic rings. The smallest absolute Gasteiger partial charge is 0.194 e. The molecule has 1 N–H and O–H groups in total. The highest BCUT2D eigenvalue weighted by molar-refractivity contribution is 5.80. The van der Waals surface area contributed by atoms with Gasteiger partial charge in [-0.15, -0.1) is 0 Å². The number of hydrogen-bond acceptors (Lipinski definition) is 4. The number of benzene rings is 2. The summed E-state index contributed by atoms with van der Waals surface area (Å²) in [6.07, 6.45) is 3.88. The van der Waals surface area contributed by atoms with Crippen molar-refractivity contribution < 1.29 is 4.74 Å². The van der Waals surface area contributed by atoms with Crippen LogP contribution in [0.2, 0.25) is 0 Å². The van der Waals surface area contributed by atoms with E-state index in [1.165, 1.54) is 11.3 Å². The Morgan fingerprint density at radius 1 is 1.06 bits per heavy atom. The monoisotopic (exact) mass is 418 g/mol. The maximum Gasteiger partial charge on any atom is 0.194 e. The Labute approximate surface area is 184 Å². The number of imidazole rings is 1. The summed E-state index contributed by atoms with van der Waals surface area (Å²) in [5.74, 6) is 2.81. The average molecular weight is 419 g/mol. The molecular weight excluding hydrogens is 388 g/mol. The van der Waals surface area contributed by atoms with Crippen molar-refractivity contribution in [3.8, 4) is 5.75 Å².